The van der Waals surface area contributed by atoms with Crippen LogP contribution in [0, 0.1) is 41.4 Å². The lowest BCUT2D eigenvalue weighted by atomic mass is 9.49. The van der Waals surface area contributed by atoms with Crippen LogP contribution < -0.4 is 0 Å². The summed E-state index contributed by atoms with van der Waals surface area (Å²) in [5.74, 6) is 4.20. The third-order valence-electron chi connectivity index (χ3n) is 6.92. The lowest BCUT2D eigenvalue weighted by Gasteiger charge is -2.52. The molecule has 0 aromatic carbocycles. The number of hydrogen-bond donors (Lipinski definition) is 0. The summed E-state index contributed by atoms with van der Waals surface area (Å²) in [5.41, 5.74) is -0.173. The zero-order valence-corrected chi connectivity index (χ0v) is 15.0. The SMILES string of the molecule is CC1(C)OC(=O)C2C3C4CCC(C4)C3C21.CCC(C)C(=O)OC. The highest BCUT2D eigenvalue weighted by molar-refractivity contribution is 5.78. The molecule has 3 aliphatic carbocycles. The molecule has 130 valence electrons. The number of cyclic esters (lactones) is 1. The number of carbonyl (C=O) groups excluding carboxylic acids is 2. The summed E-state index contributed by atoms with van der Waals surface area (Å²) in [6.07, 6.45) is 5.06. The molecule has 0 N–H and O–H groups in total. The predicted octanol–water partition coefficient (Wildman–Crippen LogP) is 3.44. The Balaban J connectivity index is 0.000000170. The fourth-order valence-corrected chi connectivity index (χ4v) is 5.74. The van der Waals surface area contributed by atoms with Crippen molar-refractivity contribution < 1.29 is 19.1 Å². The Morgan fingerprint density at radius 1 is 1.30 bits per heavy atom. The molecule has 4 fully saturated rings. The van der Waals surface area contributed by atoms with E-state index in [-0.39, 0.29) is 29.4 Å². The van der Waals surface area contributed by atoms with Gasteiger partial charge in [-0.15, -0.1) is 0 Å². The lowest BCUT2D eigenvalue weighted by Crippen LogP contribution is -2.54. The first-order valence-electron chi connectivity index (χ1n) is 9.12. The Kier molecular flexibility index (Phi) is 4.22. The Bertz CT molecular complexity index is 498. The minimum atomic E-state index is -0.173. The van der Waals surface area contributed by atoms with E-state index in [9.17, 15) is 9.59 Å². The van der Waals surface area contributed by atoms with Gasteiger partial charge in [0.05, 0.1) is 18.9 Å². The van der Waals surface area contributed by atoms with Crippen molar-refractivity contribution in [3.63, 3.8) is 0 Å². The summed E-state index contributed by atoms with van der Waals surface area (Å²) in [5, 5.41) is 0. The van der Waals surface area contributed by atoms with E-state index < -0.39 is 0 Å². The van der Waals surface area contributed by atoms with Gasteiger partial charge in [-0.05, 0) is 63.2 Å². The highest BCUT2D eigenvalue weighted by Crippen LogP contribution is 2.71. The molecule has 4 nitrogen and oxygen atoms in total. The Labute approximate surface area is 139 Å². The van der Waals surface area contributed by atoms with E-state index in [1.807, 2.05) is 13.8 Å². The van der Waals surface area contributed by atoms with Crippen molar-refractivity contribution in [1.82, 2.24) is 0 Å². The van der Waals surface area contributed by atoms with E-state index in [1.54, 1.807) is 0 Å². The fraction of sp³-hybridized carbons (Fsp3) is 0.895. The van der Waals surface area contributed by atoms with E-state index in [2.05, 4.69) is 18.6 Å². The van der Waals surface area contributed by atoms with Crippen molar-refractivity contribution in [2.45, 2.75) is 59.0 Å². The van der Waals surface area contributed by atoms with Crippen molar-refractivity contribution in [1.29, 1.82) is 0 Å². The summed E-state index contributed by atoms with van der Waals surface area (Å²) >= 11 is 0. The molecular weight excluding hydrogens is 292 g/mol. The van der Waals surface area contributed by atoms with Crippen LogP contribution in [-0.4, -0.2) is 24.6 Å². The maximum absolute atomic E-state index is 11.8. The molecule has 0 aromatic rings. The molecule has 0 spiro atoms. The topological polar surface area (TPSA) is 52.6 Å². The smallest absolute Gasteiger partial charge is 0.310 e. The summed E-state index contributed by atoms with van der Waals surface area (Å²) in [7, 11) is 1.41. The summed E-state index contributed by atoms with van der Waals surface area (Å²) in [4.78, 5) is 22.4. The van der Waals surface area contributed by atoms with E-state index in [1.165, 1.54) is 26.4 Å². The molecule has 3 saturated carbocycles. The second-order valence-corrected chi connectivity index (χ2v) is 8.40. The lowest BCUT2D eigenvalue weighted by molar-refractivity contribution is -0.150. The van der Waals surface area contributed by atoms with Gasteiger partial charge in [0.2, 0.25) is 0 Å². The molecule has 4 aliphatic rings. The van der Waals surface area contributed by atoms with Gasteiger partial charge in [0.25, 0.3) is 0 Å². The largest absolute Gasteiger partial charge is 0.469 e. The average molecular weight is 322 g/mol. The fourth-order valence-electron chi connectivity index (χ4n) is 5.74. The standard InChI is InChI=1S/C13H18O2.C6H12O2/c1-13(2)11-9-7-4-3-6(5-7)8(9)10(11)12(14)15-13;1-4-5(2)6(7)8-3/h6-11H,3-5H2,1-2H3;5H,4H2,1-3H3. The summed E-state index contributed by atoms with van der Waals surface area (Å²) in [6, 6.07) is 0. The molecule has 2 bridgehead atoms. The van der Waals surface area contributed by atoms with Crippen LogP contribution in [0.4, 0.5) is 0 Å². The molecule has 4 rings (SSSR count). The number of carbonyl (C=O) groups is 2. The first-order valence-corrected chi connectivity index (χ1v) is 9.12. The van der Waals surface area contributed by atoms with Gasteiger partial charge in [-0.3, -0.25) is 9.59 Å². The third-order valence-corrected chi connectivity index (χ3v) is 6.92. The molecule has 0 amide bonds. The number of fused-ring (bicyclic) bond motifs is 8. The van der Waals surface area contributed by atoms with Crippen molar-refractivity contribution in [2.75, 3.05) is 7.11 Å². The zero-order valence-electron chi connectivity index (χ0n) is 15.0. The quantitative estimate of drug-likeness (QED) is 0.731. The molecule has 0 aromatic heterocycles. The predicted molar refractivity (Wildman–Crippen MR) is 86.4 cm³/mol. The maximum Gasteiger partial charge on any atom is 0.310 e. The van der Waals surface area contributed by atoms with Crippen LogP contribution in [0.5, 0.6) is 0 Å². The van der Waals surface area contributed by atoms with Crippen LogP contribution in [0.25, 0.3) is 0 Å². The highest BCUT2D eigenvalue weighted by Gasteiger charge is 2.72. The Morgan fingerprint density at radius 3 is 2.43 bits per heavy atom. The van der Waals surface area contributed by atoms with Gasteiger partial charge in [-0.25, -0.2) is 0 Å². The van der Waals surface area contributed by atoms with Gasteiger partial charge in [-0.1, -0.05) is 13.8 Å². The monoisotopic (exact) mass is 322 g/mol. The number of ether oxygens (including phenoxy) is 2. The van der Waals surface area contributed by atoms with Crippen LogP contribution in [0.15, 0.2) is 0 Å². The second kappa shape index (κ2) is 5.78. The molecule has 7 atom stereocenters. The van der Waals surface area contributed by atoms with Crippen LogP contribution in [0.3, 0.4) is 0 Å². The van der Waals surface area contributed by atoms with Gasteiger partial charge in [0.1, 0.15) is 5.60 Å². The van der Waals surface area contributed by atoms with Crippen LogP contribution in [0.2, 0.25) is 0 Å². The van der Waals surface area contributed by atoms with Crippen molar-refractivity contribution in [2.24, 2.45) is 41.4 Å². The molecule has 1 saturated heterocycles. The molecule has 4 heteroatoms. The summed E-state index contributed by atoms with van der Waals surface area (Å²) in [6.45, 7) is 8.03. The minimum absolute atomic E-state index is 0.0556. The Morgan fingerprint density at radius 2 is 1.91 bits per heavy atom. The number of rotatable bonds is 2. The van der Waals surface area contributed by atoms with E-state index in [4.69, 9.17) is 4.74 Å². The molecule has 1 aliphatic heterocycles. The van der Waals surface area contributed by atoms with E-state index in [0.717, 1.165) is 24.2 Å². The summed E-state index contributed by atoms with van der Waals surface area (Å²) < 4.78 is 10.0. The van der Waals surface area contributed by atoms with Crippen molar-refractivity contribution >= 4 is 11.9 Å². The van der Waals surface area contributed by atoms with Crippen LogP contribution in [-0.2, 0) is 19.1 Å². The average Bonchev–Trinajstić information content (AvgIpc) is 3.07. The molecule has 7 unspecified atom stereocenters. The molecular formula is C19H30O4. The molecule has 1 heterocycles. The third kappa shape index (κ3) is 2.49. The van der Waals surface area contributed by atoms with E-state index in [0.29, 0.717) is 11.8 Å². The van der Waals surface area contributed by atoms with Crippen LogP contribution >= 0.6 is 0 Å². The van der Waals surface area contributed by atoms with Gasteiger partial charge < -0.3 is 9.47 Å². The van der Waals surface area contributed by atoms with Crippen molar-refractivity contribution in [3.8, 4) is 0 Å². The van der Waals surface area contributed by atoms with Crippen molar-refractivity contribution in [3.05, 3.63) is 0 Å². The van der Waals surface area contributed by atoms with E-state index >= 15 is 0 Å². The molecule has 23 heavy (non-hydrogen) atoms. The van der Waals surface area contributed by atoms with Gasteiger partial charge in [0.15, 0.2) is 0 Å². The minimum Gasteiger partial charge on any atom is -0.469 e. The maximum atomic E-state index is 11.8. The van der Waals surface area contributed by atoms with Gasteiger partial charge >= 0.3 is 11.9 Å². The van der Waals surface area contributed by atoms with Crippen LogP contribution in [0.1, 0.15) is 53.4 Å². The number of hydrogen-bond acceptors (Lipinski definition) is 4. The normalized spacial score (nSPS) is 42.6. The number of methoxy groups -OCH3 is 1. The van der Waals surface area contributed by atoms with Gasteiger partial charge in [0, 0.05) is 5.92 Å². The first kappa shape index (κ1) is 16.8. The number of esters is 2. The Hall–Kier alpha value is -1.06. The highest BCUT2D eigenvalue weighted by atomic mass is 16.6. The molecule has 0 radical (unpaired) electrons. The zero-order chi connectivity index (χ0) is 16.9. The van der Waals surface area contributed by atoms with Gasteiger partial charge in [-0.2, -0.15) is 0 Å². The first-order chi connectivity index (χ1) is 10.8. The second-order valence-electron chi connectivity index (χ2n) is 8.40.